The lowest BCUT2D eigenvalue weighted by Gasteiger charge is -2.14. The number of aryl methyl sites for hydroxylation is 2. The van der Waals surface area contributed by atoms with E-state index in [-0.39, 0.29) is 22.0 Å². The van der Waals surface area contributed by atoms with Crippen molar-refractivity contribution in [2.75, 3.05) is 5.32 Å². The number of anilines is 1. The number of halogens is 1. The van der Waals surface area contributed by atoms with Gasteiger partial charge in [0.05, 0.1) is 10.9 Å². The van der Waals surface area contributed by atoms with E-state index in [9.17, 15) is 9.59 Å². The summed E-state index contributed by atoms with van der Waals surface area (Å²) in [5.74, 6) is 0.0786. The number of rotatable bonds is 7. The molecule has 0 atom stereocenters. The maximum atomic E-state index is 13.3. The van der Waals surface area contributed by atoms with Gasteiger partial charge in [-0.1, -0.05) is 65.9 Å². The van der Waals surface area contributed by atoms with E-state index in [1.165, 1.54) is 33.6 Å². The van der Waals surface area contributed by atoms with Crippen molar-refractivity contribution in [3.05, 3.63) is 86.2 Å². The van der Waals surface area contributed by atoms with Gasteiger partial charge in [0, 0.05) is 23.5 Å². The molecule has 5 rings (SSSR count). The van der Waals surface area contributed by atoms with Crippen molar-refractivity contribution in [2.24, 2.45) is 0 Å². The zero-order chi connectivity index (χ0) is 26.1. The summed E-state index contributed by atoms with van der Waals surface area (Å²) in [5, 5.41) is 21.0. The fourth-order valence-electron chi connectivity index (χ4n) is 3.95. The van der Waals surface area contributed by atoms with Gasteiger partial charge in [-0.25, -0.2) is 4.98 Å². The molecule has 0 saturated carbocycles. The van der Waals surface area contributed by atoms with Gasteiger partial charge >= 0.3 is 0 Å². The van der Waals surface area contributed by atoms with Crippen LogP contribution < -0.4 is 16.4 Å². The Morgan fingerprint density at radius 2 is 2.00 bits per heavy atom. The van der Waals surface area contributed by atoms with Crippen LogP contribution in [-0.4, -0.2) is 30.1 Å². The summed E-state index contributed by atoms with van der Waals surface area (Å²) < 4.78 is 3.75. The standard InChI is InChI=1S/C25H22ClN7O2S2/c1-3-10-32-19(27)16(12-17-21(32)28-20-14(2)7-6-11-33(20)23(17)35)22(34)29-24-30-31-25(37-24)36-13-15-8-4-5-9-18(15)26/h4-9,11-12,27H,3,10,13H2,1-2H3,(H,29,30,34). The van der Waals surface area contributed by atoms with Crippen LogP contribution in [-0.2, 0) is 12.3 Å². The molecule has 0 fully saturated rings. The Morgan fingerprint density at radius 3 is 2.78 bits per heavy atom. The van der Waals surface area contributed by atoms with E-state index in [1.807, 2.05) is 44.2 Å². The van der Waals surface area contributed by atoms with Crippen LogP contribution in [0.4, 0.5) is 5.13 Å². The molecule has 0 radical (unpaired) electrons. The molecule has 4 aromatic heterocycles. The van der Waals surface area contributed by atoms with Gasteiger partial charge in [0.15, 0.2) is 4.34 Å². The first-order valence-electron chi connectivity index (χ1n) is 11.5. The number of fused-ring (bicyclic) bond motifs is 2. The van der Waals surface area contributed by atoms with Crippen LogP contribution in [0, 0.1) is 12.3 Å². The van der Waals surface area contributed by atoms with Crippen molar-refractivity contribution in [2.45, 2.75) is 36.9 Å². The Hall–Kier alpha value is -3.54. The van der Waals surface area contributed by atoms with E-state index in [0.29, 0.717) is 44.5 Å². The molecular weight excluding hydrogens is 530 g/mol. The molecule has 1 amide bonds. The molecule has 0 aliphatic rings. The van der Waals surface area contributed by atoms with Crippen LogP contribution in [0.5, 0.6) is 0 Å². The minimum atomic E-state index is -0.538. The number of thioether (sulfide) groups is 1. The summed E-state index contributed by atoms with van der Waals surface area (Å²) in [4.78, 5) is 31.3. The molecule has 2 N–H and O–H groups in total. The molecule has 12 heteroatoms. The lowest BCUT2D eigenvalue weighted by Crippen LogP contribution is -2.32. The average molecular weight is 552 g/mol. The maximum absolute atomic E-state index is 13.3. The highest BCUT2D eigenvalue weighted by Crippen LogP contribution is 2.30. The first kappa shape index (κ1) is 25.1. The molecular formula is C25H22ClN7O2S2. The van der Waals surface area contributed by atoms with E-state index in [2.05, 4.69) is 15.5 Å². The van der Waals surface area contributed by atoms with Crippen LogP contribution in [0.15, 0.2) is 57.8 Å². The lowest BCUT2D eigenvalue weighted by molar-refractivity contribution is 0.102. The summed E-state index contributed by atoms with van der Waals surface area (Å²) in [5.41, 5.74) is 2.48. The monoisotopic (exact) mass is 551 g/mol. The molecule has 0 bridgehead atoms. The zero-order valence-electron chi connectivity index (χ0n) is 20.0. The molecule has 0 aliphatic carbocycles. The SMILES string of the molecule is CCCn1c(=N)c(C(=O)Nc2nnc(SCc3ccccc3Cl)s2)cc2c(=O)n3cccc(C)c3nc21. The summed E-state index contributed by atoms with van der Waals surface area (Å²) >= 11 is 8.92. The van der Waals surface area contributed by atoms with Gasteiger partial charge in [-0.15, -0.1) is 10.2 Å². The second kappa shape index (κ2) is 10.4. The third-order valence-corrected chi connectivity index (χ3v) is 8.15. The highest BCUT2D eigenvalue weighted by Gasteiger charge is 2.19. The second-order valence-corrected chi connectivity index (χ2v) is 10.9. The van der Waals surface area contributed by atoms with Crippen molar-refractivity contribution >= 4 is 62.4 Å². The van der Waals surface area contributed by atoms with Crippen LogP contribution in [0.3, 0.4) is 0 Å². The molecule has 1 aromatic carbocycles. The van der Waals surface area contributed by atoms with E-state index < -0.39 is 5.91 Å². The minimum Gasteiger partial charge on any atom is -0.310 e. The van der Waals surface area contributed by atoms with Crippen LogP contribution in [0.2, 0.25) is 5.02 Å². The van der Waals surface area contributed by atoms with E-state index in [1.54, 1.807) is 16.8 Å². The summed E-state index contributed by atoms with van der Waals surface area (Å²) in [6.45, 7) is 4.28. The van der Waals surface area contributed by atoms with E-state index in [0.717, 1.165) is 11.1 Å². The number of nitrogens with one attached hydrogen (secondary N) is 2. The summed E-state index contributed by atoms with van der Waals surface area (Å²) in [7, 11) is 0. The van der Waals surface area contributed by atoms with Gasteiger partial charge in [0.25, 0.3) is 11.5 Å². The fourth-order valence-corrected chi connectivity index (χ4v) is 5.98. The number of hydrogen-bond donors (Lipinski definition) is 2. The molecule has 188 valence electrons. The highest BCUT2D eigenvalue weighted by molar-refractivity contribution is 8.00. The first-order valence-corrected chi connectivity index (χ1v) is 13.7. The predicted octanol–water partition coefficient (Wildman–Crippen LogP) is 4.90. The Labute approximate surface area is 224 Å². The van der Waals surface area contributed by atoms with Crippen molar-refractivity contribution < 1.29 is 4.79 Å². The van der Waals surface area contributed by atoms with Gasteiger partial charge in [-0.2, -0.15) is 0 Å². The number of carbonyl (C=O) groups is 1. The van der Waals surface area contributed by atoms with Gasteiger partial charge in [-0.3, -0.25) is 24.7 Å². The summed E-state index contributed by atoms with van der Waals surface area (Å²) in [6, 6.07) is 12.7. The van der Waals surface area contributed by atoms with Crippen molar-refractivity contribution in [3.8, 4) is 0 Å². The van der Waals surface area contributed by atoms with Crippen LogP contribution in [0.1, 0.15) is 34.8 Å². The van der Waals surface area contributed by atoms with Gasteiger partial charge in [-0.05, 0) is 42.7 Å². The predicted molar refractivity (Wildman–Crippen MR) is 147 cm³/mol. The van der Waals surface area contributed by atoms with Crippen LogP contribution >= 0.6 is 34.7 Å². The zero-order valence-corrected chi connectivity index (χ0v) is 22.4. The first-order chi connectivity index (χ1) is 17.9. The molecule has 0 unspecified atom stereocenters. The summed E-state index contributed by atoms with van der Waals surface area (Å²) in [6.07, 6.45) is 2.35. The highest BCUT2D eigenvalue weighted by atomic mass is 35.5. The molecule has 0 aliphatic heterocycles. The normalized spacial score (nSPS) is 11.3. The number of nitrogens with zero attached hydrogens (tertiary/aromatic N) is 5. The number of amides is 1. The van der Waals surface area contributed by atoms with E-state index in [4.69, 9.17) is 22.0 Å². The third kappa shape index (κ3) is 4.89. The Bertz CT molecular complexity index is 1780. The molecule has 0 saturated heterocycles. The average Bonchev–Trinajstić information content (AvgIpc) is 3.33. The number of aromatic nitrogens is 5. The van der Waals surface area contributed by atoms with Gasteiger partial charge in [0.1, 0.15) is 16.8 Å². The quantitative estimate of drug-likeness (QED) is 0.169. The van der Waals surface area contributed by atoms with Crippen molar-refractivity contribution in [1.82, 2.24) is 24.1 Å². The number of benzene rings is 1. The molecule has 5 aromatic rings. The number of carbonyl (C=O) groups excluding carboxylic acids is 1. The molecule has 37 heavy (non-hydrogen) atoms. The Kier molecular flexibility index (Phi) is 7.09. The minimum absolute atomic E-state index is 0.0190. The lowest BCUT2D eigenvalue weighted by atomic mass is 10.2. The van der Waals surface area contributed by atoms with Gasteiger partial charge < -0.3 is 4.57 Å². The molecule has 9 nitrogen and oxygen atoms in total. The molecule has 4 heterocycles. The van der Waals surface area contributed by atoms with Gasteiger partial charge in [0.2, 0.25) is 5.13 Å². The number of pyridine rings is 2. The smallest absolute Gasteiger partial charge is 0.267 e. The topological polar surface area (TPSA) is 118 Å². The largest absolute Gasteiger partial charge is 0.310 e. The fraction of sp³-hybridized carbons (Fsp3) is 0.200. The number of hydrogen-bond acceptors (Lipinski definition) is 8. The maximum Gasteiger partial charge on any atom is 0.267 e. The molecule has 0 spiro atoms. The third-order valence-electron chi connectivity index (χ3n) is 5.76. The second-order valence-electron chi connectivity index (χ2n) is 8.30. The Balaban J connectivity index is 1.47. The van der Waals surface area contributed by atoms with Crippen molar-refractivity contribution in [1.29, 1.82) is 5.41 Å². The Morgan fingerprint density at radius 1 is 1.19 bits per heavy atom. The van der Waals surface area contributed by atoms with Crippen LogP contribution in [0.25, 0.3) is 16.7 Å². The van der Waals surface area contributed by atoms with E-state index >= 15 is 0 Å². The van der Waals surface area contributed by atoms with Crippen molar-refractivity contribution in [3.63, 3.8) is 0 Å².